The summed E-state index contributed by atoms with van der Waals surface area (Å²) in [6.45, 7) is 0. The van der Waals surface area contributed by atoms with E-state index < -0.39 is 11.7 Å². The van der Waals surface area contributed by atoms with Crippen LogP contribution in [0.15, 0.2) is 103 Å². The van der Waals surface area contributed by atoms with E-state index in [1.54, 1.807) is 0 Å². The van der Waals surface area contributed by atoms with Gasteiger partial charge in [0.15, 0.2) is 0 Å². The van der Waals surface area contributed by atoms with Crippen LogP contribution in [-0.4, -0.2) is 11.4 Å². The van der Waals surface area contributed by atoms with Crippen molar-refractivity contribution in [2.24, 2.45) is 5.92 Å². The van der Waals surface area contributed by atoms with Gasteiger partial charge in [-0.05, 0) is 22.8 Å². The highest BCUT2D eigenvalue weighted by molar-refractivity contribution is 5.43. The molecular weight excluding hydrogens is 336 g/mol. The molecule has 3 aromatic carbocycles. The van der Waals surface area contributed by atoms with Crippen molar-refractivity contribution in [3.63, 3.8) is 0 Å². The van der Waals surface area contributed by atoms with E-state index in [-0.39, 0.29) is 12.2 Å². The molecule has 3 aromatic rings. The summed E-state index contributed by atoms with van der Waals surface area (Å²) in [5.41, 5.74) is 2.40. The van der Waals surface area contributed by atoms with Gasteiger partial charge >= 0.3 is 0 Å². The Bertz CT molecular complexity index is 911. The first-order valence-corrected chi connectivity index (χ1v) is 9.19. The first kappa shape index (κ1) is 16.3. The molecule has 134 valence electrons. The fraction of sp³-hybridized carbons (Fsp3) is 0.167. The molecular formula is C24H20O3. The number of ether oxygens (including phenoxy) is 2. The molecule has 2 aliphatic rings. The Labute approximate surface area is 158 Å². The lowest BCUT2D eigenvalue weighted by molar-refractivity contribution is -0.307. The molecule has 0 radical (unpaired) electrons. The SMILES string of the molecule is OC(C1=CC2C(O1)OC2(c1ccccc1)c1ccccc1)c1ccccc1. The van der Waals surface area contributed by atoms with Crippen LogP contribution in [0.5, 0.6) is 0 Å². The smallest absolute Gasteiger partial charge is 0.210 e. The molecule has 5 rings (SSSR count). The third kappa shape index (κ3) is 2.51. The summed E-state index contributed by atoms with van der Waals surface area (Å²) in [5, 5.41) is 10.7. The zero-order valence-corrected chi connectivity index (χ0v) is 14.7. The molecule has 27 heavy (non-hydrogen) atoms. The van der Waals surface area contributed by atoms with Gasteiger partial charge in [-0.15, -0.1) is 0 Å². The Kier molecular flexibility index (Phi) is 3.85. The van der Waals surface area contributed by atoms with Crippen LogP contribution in [0.4, 0.5) is 0 Å². The van der Waals surface area contributed by atoms with Crippen molar-refractivity contribution >= 4 is 0 Å². The normalized spacial score (nSPS) is 23.5. The van der Waals surface area contributed by atoms with Crippen LogP contribution < -0.4 is 0 Å². The van der Waals surface area contributed by atoms with Crippen molar-refractivity contribution in [2.75, 3.05) is 0 Å². The average Bonchev–Trinajstić information content (AvgIpc) is 3.08. The molecule has 1 fully saturated rings. The number of benzene rings is 3. The maximum atomic E-state index is 10.7. The highest BCUT2D eigenvalue weighted by Crippen LogP contribution is 2.57. The van der Waals surface area contributed by atoms with Gasteiger partial charge in [0.1, 0.15) is 17.5 Å². The standard InChI is InChI=1S/C24H20O3/c25-22(17-10-4-1-5-11-17)21-16-20-23(26-21)27-24(20,18-12-6-2-7-13-18)19-14-8-3-9-15-19/h1-16,20,22-23,25H. The second kappa shape index (κ2) is 6.38. The molecule has 3 unspecified atom stereocenters. The largest absolute Gasteiger partial charge is 0.466 e. The second-order valence-corrected chi connectivity index (χ2v) is 6.98. The van der Waals surface area contributed by atoms with Crippen molar-refractivity contribution in [1.82, 2.24) is 0 Å². The lowest BCUT2D eigenvalue weighted by Gasteiger charge is -2.51. The van der Waals surface area contributed by atoms with Crippen LogP contribution in [0.1, 0.15) is 22.8 Å². The van der Waals surface area contributed by atoms with Crippen molar-refractivity contribution in [3.05, 3.63) is 120 Å². The summed E-state index contributed by atoms with van der Waals surface area (Å²) >= 11 is 0. The molecule has 3 atom stereocenters. The van der Waals surface area contributed by atoms with E-state index in [2.05, 4.69) is 24.3 Å². The Balaban J connectivity index is 1.55. The molecule has 0 amide bonds. The predicted octanol–water partition coefficient (Wildman–Crippen LogP) is 4.55. The molecule has 3 nitrogen and oxygen atoms in total. The highest BCUT2D eigenvalue weighted by atomic mass is 16.7. The van der Waals surface area contributed by atoms with Gasteiger partial charge in [0.25, 0.3) is 0 Å². The number of fused-ring (bicyclic) bond motifs is 1. The van der Waals surface area contributed by atoms with Gasteiger partial charge in [-0.2, -0.15) is 0 Å². The van der Waals surface area contributed by atoms with E-state index >= 15 is 0 Å². The van der Waals surface area contributed by atoms with Crippen LogP contribution in [0.25, 0.3) is 0 Å². The molecule has 1 saturated heterocycles. The molecule has 1 N–H and O–H groups in total. The summed E-state index contributed by atoms with van der Waals surface area (Å²) in [4.78, 5) is 0. The molecule has 2 heterocycles. The van der Waals surface area contributed by atoms with Gasteiger partial charge in [0.2, 0.25) is 6.29 Å². The lowest BCUT2D eigenvalue weighted by atomic mass is 9.71. The lowest BCUT2D eigenvalue weighted by Crippen LogP contribution is -2.56. The van der Waals surface area contributed by atoms with Crippen LogP contribution in [0.2, 0.25) is 0 Å². The van der Waals surface area contributed by atoms with Gasteiger partial charge in [0, 0.05) is 0 Å². The number of aliphatic hydroxyl groups is 1. The maximum Gasteiger partial charge on any atom is 0.210 e. The van der Waals surface area contributed by atoms with Crippen molar-refractivity contribution in [1.29, 1.82) is 0 Å². The Morgan fingerprint density at radius 2 is 1.26 bits per heavy atom. The van der Waals surface area contributed by atoms with Crippen LogP contribution in [-0.2, 0) is 15.1 Å². The topological polar surface area (TPSA) is 38.7 Å². The minimum atomic E-state index is -0.787. The number of rotatable bonds is 4. The third-order valence-corrected chi connectivity index (χ3v) is 5.45. The highest BCUT2D eigenvalue weighted by Gasteiger charge is 2.61. The van der Waals surface area contributed by atoms with Crippen molar-refractivity contribution in [3.8, 4) is 0 Å². The maximum absolute atomic E-state index is 10.7. The predicted molar refractivity (Wildman–Crippen MR) is 103 cm³/mol. The van der Waals surface area contributed by atoms with Crippen LogP contribution in [0.3, 0.4) is 0 Å². The molecule has 2 aliphatic heterocycles. The number of aliphatic hydroxyl groups excluding tert-OH is 1. The van der Waals surface area contributed by atoms with Crippen molar-refractivity contribution < 1.29 is 14.6 Å². The van der Waals surface area contributed by atoms with Gasteiger partial charge in [-0.1, -0.05) is 91.0 Å². The summed E-state index contributed by atoms with van der Waals surface area (Å²) in [5.74, 6) is 0.570. The summed E-state index contributed by atoms with van der Waals surface area (Å²) in [7, 11) is 0. The Morgan fingerprint density at radius 1 is 0.741 bits per heavy atom. The molecule has 3 heteroatoms. The molecule has 0 saturated carbocycles. The number of hydrogen-bond acceptors (Lipinski definition) is 3. The zero-order valence-electron chi connectivity index (χ0n) is 14.7. The quantitative estimate of drug-likeness (QED) is 0.745. The van der Waals surface area contributed by atoms with Gasteiger partial charge in [-0.25, -0.2) is 0 Å². The van der Waals surface area contributed by atoms with Gasteiger partial charge in [0.05, 0.1) is 5.92 Å². The summed E-state index contributed by atoms with van der Waals surface area (Å²) in [6, 6.07) is 30.0. The van der Waals surface area contributed by atoms with E-state index in [0.29, 0.717) is 5.76 Å². The third-order valence-electron chi connectivity index (χ3n) is 5.45. The van der Waals surface area contributed by atoms with E-state index in [1.807, 2.05) is 72.8 Å². The van der Waals surface area contributed by atoms with Crippen LogP contribution in [0, 0.1) is 5.92 Å². The second-order valence-electron chi connectivity index (χ2n) is 6.98. The Morgan fingerprint density at radius 3 is 1.81 bits per heavy atom. The molecule has 0 aromatic heterocycles. The molecule has 0 bridgehead atoms. The Hall–Kier alpha value is -2.88. The monoisotopic (exact) mass is 356 g/mol. The first-order valence-electron chi connectivity index (χ1n) is 9.19. The van der Waals surface area contributed by atoms with E-state index in [9.17, 15) is 5.11 Å². The molecule has 0 spiro atoms. The fourth-order valence-corrected chi connectivity index (χ4v) is 4.11. The average molecular weight is 356 g/mol. The van der Waals surface area contributed by atoms with Crippen molar-refractivity contribution in [2.45, 2.75) is 18.0 Å². The summed E-state index contributed by atoms with van der Waals surface area (Å²) in [6.07, 6.45) is 0.870. The van der Waals surface area contributed by atoms with Gasteiger partial charge < -0.3 is 14.6 Å². The first-order chi connectivity index (χ1) is 13.3. The van der Waals surface area contributed by atoms with Crippen LogP contribution >= 0.6 is 0 Å². The van der Waals surface area contributed by atoms with Gasteiger partial charge in [-0.3, -0.25) is 0 Å². The van der Waals surface area contributed by atoms with E-state index in [0.717, 1.165) is 16.7 Å². The zero-order chi connectivity index (χ0) is 18.3. The number of hydrogen-bond donors (Lipinski definition) is 1. The van der Waals surface area contributed by atoms with E-state index in [1.165, 1.54) is 0 Å². The summed E-state index contributed by atoms with van der Waals surface area (Å²) < 4.78 is 12.3. The molecule has 0 aliphatic carbocycles. The fourth-order valence-electron chi connectivity index (χ4n) is 4.11. The minimum Gasteiger partial charge on any atom is -0.466 e. The van der Waals surface area contributed by atoms with E-state index in [4.69, 9.17) is 9.47 Å². The minimum absolute atomic E-state index is 0.00987.